The number of aromatic nitrogens is 1. The van der Waals surface area contributed by atoms with E-state index in [1.54, 1.807) is 12.1 Å². The Balaban J connectivity index is 2.70. The highest BCUT2D eigenvalue weighted by Gasteiger charge is 2.22. The number of rotatable bonds is 9. The van der Waals surface area contributed by atoms with Crippen molar-refractivity contribution in [2.75, 3.05) is 25.0 Å². The van der Waals surface area contributed by atoms with Crippen LogP contribution >= 0.6 is 0 Å². The van der Waals surface area contributed by atoms with Crippen LogP contribution < -0.4 is 10.0 Å². The summed E-state index contributed by atoms with van der Waals surface area (Å²) in [6.07, 6.45) is 2.34. The molecule has 0 saturated carbocycles. The van der Waals surface area contributed by atoms with Gasteiger partial charge in [-0.25, -0.2) is 18.1 Å². The Labute approximate surface area is 127 Å². The topological polar surface area (TPSA) is 80.3 Å². The largest absolute Gasteiger partial charge is 0.375 e. The Morgan fingerprint density at radius 2 is 2.00 bits per heavy atom. The summed E-state index contributed by atoms with van der Waals surface area (Å²) in [5.74, 6) is 0.672. The smallest absolute Gasteiger partial charge is 0.242 e. The number of ether oxygens (including phenoxy) is 1. The number of pyridine rings is 1. The molecule has 0 fully saturated rings. The predicted octanol–water partition coefficient (Wildman–Crippen LogP) is 2.00. The number of nitrogens with zero attached hydrogens (tertiary/aromatic N) is 1. The lowest BCUT2D eigenvalue weighted by Gasteiger charge is -2.24. The van der Waals surface area contributed by atoms with Crippen LogP contribution in [0.4, 0.5) is 5.82 Å². The molecule has 0 bridgehead atoms. The highest BCUT2D eigenvalue weighted by molar-refractivity contribution is 7.89. The van der Waals surface area contributed by atoms with Gasteiger partial charge >= 0.3 is 0 Å². The van der Waals surface area contributed by atoms with Gasteiger partial charge in [-0.3, -0.25) is 0 Å². The van der Waals surface area contributed by atoms with Crippen molar-refractivity contribution in [3.8, 4) is 0 Å². The molecule has 0 radical (unpaired) electrons. The van der Waals surface area contributed by atoms with E-state index in [0.29, 0.717) is 12.4 Å². The maximum atomic E-state index is 12.2. The molecule has 7 heteroatoms. The van der Waals surface area contributed by atoms with E-state index in [2.05, 4.69) is 21.9 Å². The van der Waals surface area contributed by atoms with E-state index in [1.165, 1.54) is 6.20 Å². The summed E-state index contributed by atoms with van der Waals surface area (Å²) >= 11 is 0. The van der Waals surface area contributed by atoms with Crippen LogP contribution in [0.5, 0.6) is 0 Å². The van der Waals surface area contributed by atoms with Gasteiger partial charge in [-0.1, -0.05) is 6.92 Å². The third-order valence-electron chi connectivity index (χ3n) is 2.83. The van der Waals surface area contributed by atoms with Crippen LogP contribution in [0.25, 0.3) is 0 Å². The van der Waals surface area contributed by atoms with Gasteiger partial charge in [0, 0.05) is 25.9 Å². The van der Waals surface area contributed by atoms with Crippen LogP contribution in [0, 0.1) is 0 Å². The van der Waals surface area contributed by atoms with Gasteiger partial charge in [0.1, 0.15) is 10.7 Å². The second-order valence-electron chi connectivity index (χ2n) is 5.32. The molecule has 0 atom stereocenters. The molecule has 2 N–H and O–H groups in total. The molecule has 0 saturated heterocycles. The van der Waals surface area contributed by atoms with Crippen molar-refractivity contribution < 1.29 is 13.2 Å². The van der Waals surface area contributed by atoms with Crippen LogP contribution in [0.15, 0.2) is 23.2 Å². The number of nitrogens with one attached hydrogen (secondary N) is 2. The monoisotopic (exact) mass is 315 g/mol. The lowest BCUT2D eigenvalue weighted by molar-refractivity contribution is -0.00515. The lowest BCUT2D eigenvalue weighted by Crippen LogP contribution is -2.40. The molecule has 1 heterocycles. The molecule has 120 valence electrons. The van der Waals surface area contributed by atoms with E-state index in [4.69, 9.17) is 4.74 Å². The van der Waals surface area contributed by atoms with Gasteiger partial charge in [0.2, 0.25) is 10.0 Å². The molecule has 0 aliphatic heterocycles. The van der Waals surface area contributed by atoms with Crippen LogP contribution in [0.2, 0.25) is 0 Å². The summed E-state index contributed by atoms with van der Waals surface area (Å²) in [6.45, 7) is 9.16. The lowest BCUT2D eigenvalue weighted by atomic mass is 10.1. The summed E-state index contributed by atoms with van der Waals surface area (Å²) < 4.78 is 32.4. The van der Waals surface area contributed by atoms with Gasteiger partial charge < -0.3 is 10.1 Å². The second kappa shape index (κ2) is 7.72. The number of sulfonamides is 1. The van der Waals surface area contributed by atoms with E-state index in [0.717, 1.165) is 13.0 Å². The molecule has 0 spiro atoms. The summed E-state index contributed by atoms with van der Waals surface area (Å²) in [5, 5.41) is 3.10. The molecule has 0 aromatic carbocycles. The minimum atomic E-state index is -3.57. The molecule has 0 unspecified atom stereocenters. The summed E-state index contributed by atoms with van der Waals surface area (Å²) in [5.41, 5.74) is -0.544. The average molecular weight is 315 g/mol. The first-order chi connectivity index (χ1) is 9.80. The SMILES string of the molecule is CCCNc1ccc(S(=O)(=O)NCC(C)(C)OCC)cn1. The van der Waals surface area contributed by atoms with Crippen LogP contribution in [0.1, 0.15) is 34.1 Å². The normalized spacial score (nSPS) is 12.4. The molecule has 1 rings (SSSR count). The van der Waals surface area contributed by atoms with Crippen molar-refractivity contribution in [2.24, 2.45) is 0 Å². The van der Waals surface area contributed by atoms with Crippen LogP contribution in [0.3, 0.4) is 0 Å². The highest BCUT2D eigenvalue weighted by atomic mass is 32.2. The molecular weight excluding hydrogens is 290 g/mol. The zero-order valence-corrected chi connectivity index (χ0v) is 14.0. The Morgan fingerprint density at radius 3 is 2.52 bits per heavy atom. The standard InChI is InChI=1S/C14H25N3O3S/c1-5-9-15-13-8-7-12(10-16-13)21(18,19)17-11-14(3,4)20-6-2/h7-8,10,17H,5-6,9,11H2,1-4H3,(H,15,16). The van der Waals surface area contributed by atoms with Crippen molar-refractivity contribution in [1.29, 1.82) is 0 Å². The third kappa shape index (κ3) is 5.99. The first-order valence-corrected chi connectivity index (χ1v) is 8.62. The van der Waals surface area contributed by atoms with Gasteiger partial charge in [0.15, 0.2) is 0 Å². The molecule has 6 nitrogen and oxygen atoms in total. The molecule has 1 aromatic rings. The zero-order valence-electron chi connectivity index (χ0n) is 13.1. The maximum Gasteiger partial charge on any atom is 0.242 e. The fourth-order valence-corrected chi connectivity index (χ4v) is 2.83. The van der Waals surface area contributed by atoms with Crippen LogP contribution in [-0.4, -0.2) is 38.7 Å². The van der Waals surface area contributed by atoms with Crippen molar-refractivity contribution in [1.82, 2.24) is 9.71 Å². The molecule has 0 amide bonds. The molecule has 1 aromatic heterocycles. The summed E-state index contributed by atoms with van der Waals surface area (Å²) in [7, 11) is -3.57. The van der Waals surface area contributed by atoms with E-state index in [9.17, 15) is 8.42 Å². The first-order valence-electron chi connectivity index (χ1n) is 7.14. The van der Waals surface area contributed by atoms with Crippen molar-refractivity contribution >= 4 is 15.8 Å². The molecular formula is C14H25N3O3S. The van der Waals surface area contributed by atoms with Crippen LogP contribution in [-0.2, 0) is 14.8 Å². The average Bonchev–Trinajstić information content (AvgIpc) is 2.44. The summed E-state index contributed by atoms with van der Waals surface area (Å²) in [4.78, 5) is 4.25. The Bertz CT molecular complexity index is 527. The predicted molar refractivity (Wildman–Crippen MR) is 83.9 cm³/mol. The fourth-order valence-electron chi connectivity index (χ4n) is 1.69. The maximum absolute atomic E-state index is 12.2. The second-order valence-corrected chi connectivity index (χ2v) is 7.09. The Kier molecular flexibility index (Phi) is 6.57. The van der Waals surface area contributed by atoms with Gasteiger partial charge in [0.25, 0.3) is 0 Å². The van der Waals surface area contributed by atoms with E-state index < -0.39 is 15.6 Å². The first kappa shape index (κ1) is 17.9. The van der Waals surface area contributed by atoms with Gasteiger partial charge in [0.05, 0.1) is 5.60 Å². The third-order valence-corrected chi connectivity index (χ3v) is 4.21. The van der Waals surface area contributed by atoms with Gasteiger partial charge in [-0.15, -0.1) is 0 Å². The van der Waals surface area contributed by atoms with E-state index >= 15 is 0 Å². The van der Waals surface area contributed by atoms with Crippen molar-refractivity contribution in [3.63, 3.8) is 0 Å². The van der Waals surface area contributed by atoms with Crippen molar-refractivity contribution in [2.45, 2.75) is 44.6 Å². The quantitative estimate of drug-likeness (QED) is 0.728. The minimum absolute atomic E-state index is 0.150. The van der Waals surface area contributed by atoms with Crippen molar-refractivity contribution in [3.05, 3.63) is 18.3 Å². The number of anilines is 1. The fraction of sp³-hybridized carbons (Fsp3) is 0.643. The molecule has 0 aliphatic rings. The summed E-state index contributed by atoms with van der Waals surface area (Å²) in [6, 6.07) is 3.21. The van der Waals surface area contributed by atoms with E-state index in [-0.39, 0.29) is 11.4 Å². The van der Waals surface area contributed by atoms with E-state index in [1.807, 2.05) is 20.8 Å². The zero-order chi connectivity index (χ0) is 15.9. The Hall–Kier alpha value is -1.18. The minimum Gasteiger partial charge on any atom is -0.375 e. The van der Waals surface area contributed by atoms with Gasteiger partial charge in [-0.05, 0) is 39.3 Å². The Morgan fingerprint density at radius 1 is 1.29 bits per heavy atom. The highest BCUT2D eigenvalue weighted by Crippen LogP contribution is 2.13. The molecule has 21 heavy (non-hydrogen) atoms. The van der Waals surface area contributed by atoms with Gasteiger partial charge in [-0.2, -0.15) is 0 Å². The molecule has 0 aliphatic carbocycles. The number of hydrogen-bond donors (Lipinski definition) is 2. The number of hydrogen-bond acceptors (Lipinski definition) is 5.